The van der Waals surface area contributed by atoms with Crippen molar-refractivity contribution in [1.82, 2.24) is 0 Å². The van der Waals surface area contributed by atoms with Crippen LogP contribution in [0, 0.1) is 13.8 Å². The lowest BCUT2D eigenvalue weighted by atomic mass is 10.1. The standard InChI is InChI=1S/C14H21O3P/c1-5-16-18(15,17-6-2)10-9-14-8-7-12(3)11-13(14)4/h7-11H,5-6H2,1-4H3/b10-9+. The largest absolute Gasteiger partial charge is 0.354 e. The van der Waals surface area contributed by atoms with Gasteiger partial charge in [-0.05, 0) is 44.9 Å². The van der Waals surface area contributed by atoms with Crippen LogP contribution >= 0.6 is 7.60 Å². The Hall–Kier alpha value is -0.890. The molecule has 1 rings (SSSR count). The summed E-state index contributed by atoms with van der Waals surface area (Å²) in [6, 6.07) is 6.12. The normalized spacial score (nSPS) is 12.2. The van der Waals surface area contributed by atoms with Crippen LogP contribution < -0.4 is 0 Å². The van der Waals surface area contributed by atoms with E-state index in [2.05, 4.69) is 6.07 Å². The Morgan fingerprint density at radius 2 is 1.78 bits per heavy atom. The predicted octanol–water partition coefficient (Wildman–Crippen LogP) is 4.54. The fourth-order valence-electron chi connectivity index (χ4n) is 1.67. The maximum atomic E-state index is 12.2. The predicted molar refractivity (Wildman–Crippen MR) is 75.8 cm³/mol. The molecule has 100 valence electrons. The van der Waals surface area contributed by atoms with Crippen LogP contribution in [0.25, 0.3) is 6.08 Å². The molecule has 0 aliphatic carbocycles. The van der Waals surface area contributed by atoms with E-state index in [1.807, 2.05) is 26.0 Å². The molecule has 0 radical (unpaired) electrons. The smallest absolute Gasteiger partial charge is 0.306 e. The Morgan fingerprint density at radius 1 is 1.17 bits per heavy atom. The highest BCUT2D eigenvalue weighted by Crippen LogP contribution is 2.50. The molecule has 4 heteroatoms. The van der Waals surface area contributed by atoms with Crippen molar-refractivity contribution in [2.45, 2.75) is 27.7 Å². The van der Waals surface area contributed by atoms with Crippen LogP contribution in [0.1, 0.15) is 30.5 Å². The van der Waals surface area contributed by atoms with Crippen LogP contribution in [0.4, 0.5) is 0 Å². The van der Waals surface area contributed by atoms with Gasteiger partial charge in [-0.25, -0.2) is 0 Å². The summed E-state index contributed by atoms with van der Waals surface area (Å²) in [7, 11) is -3.10. The molecule has 0 spiro atoms. The lowest BCUT2D eigenvalue weighted by Crippen LogP contribution is -1.92. The van der Waals surface area contributed by atoms with E-state index in [0.29, 0.717) is 13.2 Å². The Kier molecular flexibility index (Phi) is 5.80. The van der Waals surface area contributed by atoms with Gasteiger partial charge in [0.15, 0.2) is 0 Å². The molecular weight excluding hydrogens is 247 g/mol. The summed E-state index contributed by atoms with van der Waals surface area (Å²) in [5.41, 5.74) is 3.38. The second-order valence-corrected chi connectivity index (χ2v) is 5.95. The van der Waals surface area contributed by atoms with Crippen LogP contribution in [-0.2, 0) is 13.6 Å². The summed E-state index contributed by atoms with van der Waals surface area (Å²) >= 11 is 0. The van der Waals surface area contributed by atoms with Gasteiger partial charge in [0, 0.05) is 5.82 Å². The third-order valence-electron chi connectivity index (χ3n) is 2.48. The molecule has 0 fully saturated rings. The van der Waals surface area contributed by atoms with Crippen LogP contribution in [0.15, 0.2) is 24.0 Å². The summed E-state index contributed by atoms with van der Waals surface area (Å²) in [5, 5.41) is 0. The van der Waals surface area contributed by atoms with E-state index in [4.69, 9.17) is 9.05 Å². The van der Waals surface area contributed by atoms with E-state index >= 15 is 0 Å². The van der Waals surface area contributed by atoms with Crippen LogP contribution in [0.3, 0.4) is 0 Å². The van der Waals surface area contributed by atoms with Gasteiger partial charge in [0.2, 0.25) is 0 Å². The van der Waals surface area contributed by atoms with Gasteiger partial charge in [0.05, 0.1) is 13.2 Å². The van der Waals surface area contributed by atoms with Crippen LogP contribution in [0.2, 0.25) is 0 Å². The quantitative estimate of drug-likeness (QED) is 0.710. The lowest BCUT2D eigenvalue weighted by molar-refractivity contribution is 0.229. The highest BCUT2D eigenvalue weighted by Gasteiger charge is 2.18. The maximum Gasteiger partial charge on any atom is 0.354 e. The molecule has 0 atom stereocenters. The molecule has 0 bridgehead atoms. The Balaban J connectivity index is 2.92. The number of benzene rings is 1. The molecule has 0 heterocycles. The molecular formula is C14H21O3P. The lowest BCUT2D eigenvalue weighted by Gasteiger charge is -2.12. The molecule has 0 N–H and O–H groups in total. The molecule has 0 aromatic heterocycles. The third-order valence-corrected chi connectivity index (χ3v) is 4.23. The van der Waals surface area contributed by atoms with Crippen molar-refractivity contribution in [2.24, 2.45) is 0 Å². The fraction of sp³-hybridized carbons (Fsp3) is 0.429. The van der Waals surface area contributed by atoms with Crippen molar-refractivity contribution >= 4 is 13.7 Å². The number of aryl methyl sites for hydroxylation is 2. The molecule has 1 aromatic rings. The van der Waals surface area contributed by atoms with E-state index in [9.17, 15) is 4.57 Å². The topological polar surface area (TPSA) is 35.5 Å². The minimum absolute atomic E-state index is 0.370. The van der Waals surface area contributed by atoms with Gasteiger partial charge in [-0.3, -0.25) is 4.57 Å². The minimum Gasteiger partial charge on any atom is -0.306 e. The Morgan fingerprint density at radius 3 is 2.28 bits per heavy atom. The SMILES string of the molecule is CCOP(=O)(/C=C/c1ccc(C)cc1C)OCC. The Bertz CT molecular complexity index is 456. The summed E-state index contributed by atoms with van der Waals surface area (Å²) in [4.78, 5) is 0. The average molecular weight is 268 g/mol. The molecule has 0 unspecified atom stereocenters. The molecule has 18 heavy (non-hydrogen) atoms. The average Bonchev–Trinajstić information content (AvgIpc) is 2.28. The second-order valence-electron chi connectivity index (χ2n) is 4.05. The van der Waals surface area contributed by atoms with Crippen molar-refractivity contribution in [3.05, 3.63) is 40.7 Å². The van der Waals surface area contributed by atoms with E-state index in [1.165, 1.54) is 11.4 Å². The van der Waals surface area contributed by atoms with Crippen molar-refractivity contribution in [3.63, 3.8) is 0 Å². The zero-order valence-corrected chi connectivity index (χ0v) is 12.4. The highest BCUT2D eigenvalue weighted by molar-refractivity contribution is 7.57. The fourth-order valence-corrected chi connectivity index (χ4v) is 2.98. The molecule has 0 aliphatic rings. The van der Waals surface area contributed by atoms with Crippen LogP contribution in [-0.4, -0.2) is 13.2 Å². The second kappa shape index (κ2) is 6.89. The first-order valence-electron chi connectivity index (χ1n) is 6.16. The zero-order chi connectivity index (χ0) is 13.6. The summed E-state index contributed by atoms with van der Waals surface area (Å²) in [6.45, 7) is 8.42. The first kappa shape index (κ1) is 15.2. The molecule has 0 aliphatic heterocycles. The summed E-state index contributed by atoms with van der Waals surface area (Å²) < 4.78 is 22.6. The summed E-state index contributed by atoms with van der Waals surface area (Å²) in [6.07, 6.45) is 1.81. The van der Waals surface area contributed by atoms with Gasteiger partial charge in [0.1, 0.15) is 0 Å². The monoisotopic (exact) mass is 268 g/mol. The van der Waals surface area contributed by atoms with E-state index in [0.717, 1.165) is 11.1 Å². The molecule has 0 saturated heterocycles. The van der Waals surface area contributed by atoms with Crippen molar-refractivity contribution in [1.29, 1.82) is 0 Å². The van der Waals surface area contributed by atoms with E-state index in [1.54, 1.807) is 19.9 Å². The van der Waals surface area contributed by atoms with Gasteiger partial charge >= 0.3 is 7.60 Å². The van der Waals surface area contributed by atoms with Gasteiger partial charge in [-0.1, -0.05) is 23.8 Å². The number of rotatable bonds is 6. The number of hydrogen-bond acceptors (Lipinski definition) is 3. The van der Waals surface area contributed by atoms with E-state index in [-0.39, 0.29) is 0 Å². The number of hydrogen-bond donors (Lipinski definition) is 0. The summed E-state index contributed by atoms with van der Waals surface area (Å²) in [5.74, 6) is 1.54. The first-order chi connectivity index (χ1) is 8.50. The van der Waals surface area contributed by atoms with Crippen molar-refractivity contribution in [2.75, 3.05) is 13.2 Å². The van der Waals surface area contributed by atoms with Gasteiger partial charge < -0.3 is 9.05 Å². The van der Waals surface area contributed by atoms with Crippen molar-refractivity contribution in [3.8, 4) is 0 Å². The molecule has 3 nitrogen and oxygen atoms in total. The third kappa shape index (κ3) is 4.41. The highest BCUT2D eigenvalue weighted by atomic mass is 31.2. The molecule has 1 aromatic carbocycles. The van der Waals surface area contributed by atoms with Gasteiger partial charge in [0.25, 0.3) is 0 Å². The van der Waals surface area contributed by atoms with Crippen molar-refractivity contribution < 1.29 is 13.6 Å². The first-order valence-corrected chi connectivity index (χ1v) is 7.77. The van der Waals surface area contributed by atoms with Gasteiger partial charge in [-0.15, -0.1) is 0 Å². The van der Waals surface area contributed by atoms with E-state index < -0.39 is 7.60 Å². The van der Waals surface area contributed by atoms with Crippen LogP contribution in [0.5, 0.6) is 0 Å². The maximum absolute atomic E-state index is 12.2. The zero-order valence-electron chi connectivity index (χ0n) is 11.5. The molecule has 0 saturated carbocycles. The molecule has 0 amide bonds. The Labute approximate surface area is 109 Å². The van der Waals surface area contributed by atoms with Gasteiger partial charge in [-0.2, -0.15) is 0 Å². The minimum atomic E-state index is -3.10.